The number of aromatic amines is 1. The van der Waals surface area contributed by atoms with Gasteiger partial charge < -0.3 is 42.0 Å². The number of nitrogens with two attached hydrogens (primary N) is 1. The molecule has 0 saturated carbocycles. The van der Waals surface area contributed by atoms with Gasteiger partial charge in [0.05, 0.1) is 18.8 Å². The Morgan fingerprint density at radius 2 is 1.57 bits per heavy atom. The number of hydrogen-bond donors (Lipinski definition) is 8. The van der Waals surface area contributed by atoms with Crippen LogP contribution in [0.3, 0.4) is 0 Å². The number of benzene rings is 1. The van der Waals surface area contributed by atoms with Crippen molar-refractivity contribution in [3.63, 3.8) is 0 Å². The monoisotopic (exact) mass is 490 g/mol. The minimum atomic E-state index is -1.60. The molecule has 2 rings (SSSR count). The predicted octanol–water partition coefficient (Wildman–Crippen LogP) is -2.13. The summed E-state index contributed by atoms with van der Waals surface area (Å²) in [5, 5.41) is 34.0. The first-order valence-corrected chi connectivity index (χ1v) is 10.4. The van der Waals surface area contributed by atoms with Gasteiger partial charge in [-0.2, -0.15) is 0 Å². The Bertz CT molecular complexity index is 1040. The average Bonchev–Trinajstić information content (AvgIpc) is 3.30. The van der Waals surface area contributed by atoms with Crippen molar-refractivity contribution in [1.29, 1.82) is 0 Å². The number of nitrogens with zero attached hydrogens (tertiary/aromatic N) is 1. The van der Waals surface area contributed by atoms with Gasteiger partial charge in [-0.3, -0.25) is 24.0 Å². The fourth-order valence-corrected chi connectivity index (χ4v) is 3.02. The van der Waals surface area contributed by atoms with Crippen LogP contribution in [-0.2, 0) is 36.8 Å². The van der Waals surface area contributed by atoms with E-state index in [-0.39, 0.29) is 18.6 Å². The summed E-state index contributed by atoms with van der Waals surface area (Å²) in [6.07, 6.45) is 2.10. The summed E-state index contributed by atoms with van der Waals surface area (Å²) in [7, 11) is 0. The normalized spacial score (nSPS) is 13.2. The Labute approximate surface area is 198 Å². The number of carboxylic acids is 2. The van der Waals surface area contributed by atoms with Crippen LogP contribution in [0.25, 0.3) is 0 Å². The number of carbonyl (C=O) groups is 5. The molecule has 3 atom stereocenters. The molecule has 0 radical (unpaired) electrons. The van der Waals surface area contributed by atoms with Crippen LogP contribution in [0.5, 0.6) is 5.75 Å². The third kappa shape index (κ3) is 9.13. The molecule has 0 saturated heterocycles. The number of phenols is 1. The second-order valence-electron chi connectivity index (χ2n) is 7.59. The molecule has 0 fully saturated rings. The van der Waals surface area contributed by atoms with Crippen LogP contribution in [-0.4, -0.2) is 79.6 Å². The molecule has 1 aromatic carbocycles. The fraction of sp³-hybridized carbons (Fsp3) is 0.333. The third-order valence-electron chi connectivity index (χ3n) is 4.77. The van der Waals surface area contributed by atoms with E-state index in [4.69, 9.17) is 15.9 Å². The minimum absolute atomic E-state index is 0.0167. The lowest BCUT2D eigenvalue weighted by Crippen LogP contribution is -2.57. The highest BCUT2D eigenvalue weighted by Crippen LogP contribution is 2.12. The van der Waals surface area contributed by atoms with Crippen molar-refractivity contribution in [2.75, 3.05) is 6.54 Å². The maximum absolute atomic E-state index is 13.0. The number of aromatic nitrogens is 2. The molecule has 3 amide bonds. The summed E-state index contributed by atoms with van der Waals surface area (Å²) in [6.45, 7) is -0.777. The SMILES string of the molecule is NC(Cc1cnc[nH]1)C(=O)NC(Cc1ccc(O)cc1)C(=O)NC(CC(=O)O)C(=O)NCC(=O)O. The smallest absolute Gasteiger partial charge is 0.322 e. The molecule has 0 aliphatic carbocycles. The number of H-pyrrole nitrogens is 1. The molecule has 0 spiro atoms. The first-order valence-electron chi connectivity index (χ1n) is 10.4. The van der Waals surface area contributed by atoms with Crippen molar-refractivity contribution in [3.8, 4) is 5.75 Å². The lowest BCUT2D eigenvalue weighted by atomic mass is 10.0. The predicted molar refractivity (Wildman–Crippen MR) is 119 cm³/mol. The second-order valence-corrected chi connectivity index (χ2v) is 7.59. The minimum Gasteiger partial charge on any atom is -0.508 e. The van der Waals surface area contributed by atoms with Gasteiger partial charge in [0.25, 0.3) is 0 Å². The van der Waals surface area contributed by atoms with E-state index < -0.39 is 60.8 Å². The first kappa shape index (κ1) is 26.8. The number of carbonyl (C=O) groups excluding carboxylic acids is 3. The van der Waals surface area contributed by atoms with E-state index in [0.717, 1.165) is 0 Å². The molecule has 35 heavy (non-hydrogen) atoms. The standard InChI is InChI=1S/C21H26N6O8/c22-14(6-12-8-23-10-25-12)19(33)26-15(5-11-1-3-13(28)4-2-11)21(35)27-16(7-17(29)30)20(34)24-9-18(31)32/h1-4,8,10,14-16,28H,5-7,9,22H2,(H,23,25)(H,24,34)(H,26,33)(H,27,35)(H,29,30)(H,31,32). The summed E-state index contributed by atoms with van der Waals surface area (Å²) in [6, 6.07) is 1.85. The van der Waals surface area contributed by atoms with Gasteiger partial charge in [0.1, 0.15) is 24.4 Å². The number of nitrogens with one attached hydrogen (secondary N) is 4. The Hall–Kier alpha value is -4.46. The van der Waals surface area contributed by atoms with E-state index in [1.165, 1.54) is 36.8 Å². The molecule has 1 heterocycles. The van der Waals surface area contributed by atoms with Crippen molar-refractivity contribution in [2.24, 2.45) is 5.73 Å². The largest absolute Gasteiger partial charge is 0.508 e. The van der Waals surface area contributed by atoms with Crippen molar-refractivity contribution in [3.05, 3.63) is 48.0 Å². The second kappa shape index (κ2) is 12.7. The highest BCUT2D eigenvalue weighted by molar-refractivity contribution is 5.95. The summed E-state index contributed by atoms with van der Waals surface area (Å²) in [5.41, 5.74) is 7.06. The van der Waals surface area contributed by atoms with E-state index in [0.29, 0.717) is 11.3 Å². The van der Waals surface area contributed by atoms with Gasteiger partial charge in [-0.1, -0.05) is 12.1 Å². The molecule has 188 valence electrons. The first-order chi connectivity index (χ1) is 16.5. The number of phenolic OH excluding ortho intramolecular Hbond substituents is 1. The molecule has 0 aliphatic heterocycles. The van der Waals surface area contributed by atoms with Crippen molar-refractivity contribution < 1.29 is 39.3 Å². The zero-order valence-corrected chi connectivity index (χ0v) is 18.4. The Balaban J connectivity index is 2.18. The summed E-state index contributed by atoms with van der Waals surface area (Å²) in [5.74, 6) is -5.39. The zero-order chi connectivity index (χ0) is 26.0. The molecule has 0 aliphatic rings. The van der Waals surface area contributed by atoms with Gasteiger partial charge in [-0.05, 0) is 17.7 Å². The van der Waals surface area contributed by atoms with Crippen molar-refractivity contribution >= 4 is 29.7 Å². The molecular formula is C21H26N6O8. The van der Waals surface area contributed by atoms with Crippen LogP contribution < -0.4 is 21.7 Å². The number of imidazole rings is 1. The maximum Gasteiger partial charge on any atom is 0.322 e. The van der Waals surface area contributed by atoms with Crippen LogP contribution in [0.1, 0.15) is 17.7 Å². The van der Waals surface area contributed by atoms with Crippen molar-refractivity contribution in [1.82, 2.24) is 25.9 Å². The van der Waals surface area contributed by atoms with Gasteiger partial charge in [-0.15, -0.1) is 0 Å². The Morgan fingerprint density at radius 1 is 0.914 bits per heavy atom. The van der Waals surface area contributed by atoms with Crippen LogP contribution in [0.2, 0.25) is 0 Å². The summed E-state index contributed by atoms with van der Waals surface area (Å²) >= 11 is 0. The van der Waals surface area contributed by atoms with E-state index >= 15 is 0 Å². The van der Waals surface area contributed by atoms with Crippen LogP contribution >= 0.6 is 0 Å². The average molecular weight is 490 g/mol. The molecule has 2 aromatic rings. The van der Waals surface area contributed by atoms with E-state index in [1.807, 2.05) is 5.32 Å². The molecule has 3 unspecified atom stereocenters. The number of aliphatic carboxylic acids is 2. The van der Waals surface area contributed by atoms with Crippen LogP contribution in [0, 0.1) is 0 Å². The zero-order valence-electron chi connectivity index (χ0n) is 18.4. The number of rotatable bonds is 13. The lowest BCUT2D eigenvalue weighted by Gasteiger charge is -2.23. The van der Waals surface area contributed by atoms with Gasteiger partial charge in [0, 0.05) is 24.7 Å². The van der Waals surface area contributed by atoms with E-state index in [9.17, 15) is 29.1 Å². The Morgan fingerprint density at radius 3 is 2.14 bits per heavy atom. The number of carboxylic acid groups (broad SMARTS) is 2. The molecule has 0 bridgehead atoms. The molecule has 1 aromatic heterocycles. The van der Waals surface area contributed by atoms with Crippen LogP contribution in [0.4, 0.5) is 0 Å². The third-order valence-corrected chi connectivity index (χ3v) is 4.77. The van der Waals surface area contributed by atoms with E-state index in [2.05, 4.69) is 20.6 Å². The topological polar surface area (TPSA) is 237 Å². The van der Waals surface area contributed by atoms with Crippen LogP contribution in [0.15, 0.2) is 36.8 Å². The fourth-order valence-electron chi connectivity index (χ4n) is 3.02. The highest BCUT2D eigenvalue weighted by atomic mass is 16.4. The van der Waals surface area contributed by atoms with Gasteiger partial charge in [-0.25, -0.2) is 4.98 Å². The van der Waals surface area contributed by atoms with Gasteiger partial charge in [0.15, 0.2) is 0 Å². The summed E-state index contributed by atoms with van der Waals surface area (Å²) < 4.78 is 0. The summed E-state index contributed by atoms with van der Waals surface area (Å²) in [4.78, 5) is 66.4. The number of amides is 3. The molecule has 14 heteroatoms. The maximum atomic E-state index is 13.0. The van der Waals surface area contributed by atoms with E-state index in [1.54, 1.807) is 0 Å². The molecule has 9 N–H and O–H groups in total. The van der Waals surface area contributed by atoms with Gasteiger partial charge in [0.2, 0.25) is 17.7 Å². The number of aromatic hydroxyl groups is 1. The molecule has 14 nitrogen and oxygen atoms in total. The van der Waals surface area contributed by atoms with Crippen molar-refractivity contribution in [2.45, 2.75) is 37.4 Å². The lowest BCUT2D eigenvalue weighted by molar-refractivity contribution is -0.141. The number of hydrogen-bond acceptors (Lipinski definition) is 8. The quantitative estimate of drug-likeness (QED) is 0.152. The molecular weight excluding hydrogens is 464 g/mol. The van der Waals surface area contributed by atoms with Gasteiger partial charge >= 0.3 is 11.9 Å². The highest BCUT2D eigenvalue weighted by Gasteiger charge is 2.30. The Kier molecular flexibility index (Phi) is 9.71.